The average Bonchev–Trinajstić information content (AvgIpc) is 2.27. The van der Waals surface area contributed by atoms with Crippen LogP contribution < -0.4 is 41.4 Å². The van der Waals surface area contributed by atoms with Crippen molar-refractivity contribution < 1.29 is 29.0 Å². The molecule has 0 fully saturated rings. The van der Waals surface area contributed by atoms with E-state index in [-0.39, 0.29) is 38.4 Å². The van der Waals surface area contributed by atoms with Crippen molar-refractivity contribution in [3.63, 3.8) is 0 Å². The number of benzene rings is 6. The SMILES string of the molecule is C1=Cc2c(c3c(c4[nH]c(-c5ccc(OCOc6ccc(/C7=C8\C=CC(N8)/C(c8ccccc8)=c8/cc/c([nH]8)=C(\c8ccccc8)C8C=C/C(=C(\c9ccccc9)c9ccc7[nH]9)N8)cc6)cc5)nc24)C=CCN3)NC1.[Ru+2].c1ccc(-c2ccccn2)nc1. The maximum atomic E-state index is 6.22. The molecule has 0 amide bonds. The van der Waals surface area contributed by atoms with E-state index in [4.69, 9.17) is 14.5 Å². The Morgan fingerprint density at radius 3 is 1.41 bits per heavy atom. The fraction of sp³-hybridized carbons (Fsp3) is 0.0676. The van der Waals surface area contributed by atoms with Crippen LogP contribution in [0.3, 0.4) is 0 Å². The molecule has 5 aliphatic rings. The Morgan fingerprint density at radius 2 is 0.897 bits per heavy atom. The molecule has 2 unspecified atom stereocenters. The smallest absolute Gasteiger partial charge is 0.458 e. The summed E-state index contributed by atoms with van der Waals surface area (Å²) in [5.41, 5.74) is 22.2. The third kappa shape index (κ3) is 10.8. The zero-order chi connectivity index (χ0) is 57.2. The predicted octanol–water partition coefficient (Wildman–Crippen LogP) is 13.0. The molecule has 5 aliphatic heterocycles. The summed E-state index contributed by atoms with van der Waals surface area (Å²) in [7, 11) is 0. The van der Waals surface area contributed by atoms with Crippen molar-refractivity contribution in [3.8, 4) is 34.3 Å². The molecule has 0 saturated carbocycles. The first-order valence-corrected chi connectivity index (χ1v) is 29.0. The molecular weight excluding hydrogens is 1160 g/mol. The Morgan fingerprint density at radius 1 is 0.425 bits per heavy atom. The minimum absolute atomic E-state index is 0. The van der Waals surface area contributed by atoms with Gasteiger partial charge in [0.2, 0.25) is 6.79 Å². The van der Waals surface area contributed by atoms with Crippen molar-refractivity contribution in [3.05, 3.63) is 316 Å². The van der Waals surface area contributed by atoms with E-state index in [1.807, 2.05) is 72.8 Å². The minimum Gasteiger partial charge on any atom is -0.458 e. The number of aromatic amines is 3. The van der Waals surface area contributed by atoms with Crippen molar-refractivity contribution >= 4 is 56.9 Å². The fourth-order valence-corrected chi connectivity index (χ4v) is 12.1. The van der Waals surface area contributed by atoms with Gasteiger partial charge in [0.1, 0.15) is 17.3 Å². The maximum Gasteiger partial charge on any atom is 2.00 e. The Hall–Kier alpha value is -10.7. The van der Waals surface area contributed by atoms with Gasteiger partial charge in [0.15, 0.2) is 0 Å². The van der Waals surface area contributed by atoms with E-state index in [0.29, 0.717) is 11.5 Å². The van der Waals surface area contributed by atoms with Gasteiger partial charge in [-0.2, -0.15) is 0 Å². The number of imidazole rings is 1. The van der Waals surface area contributed by atoms with Crippen LogP contribution in [0.25, 0.3) is 68.3 Å². The molecular formula is C74H58N10O2Ru+2. The molecule has 0 saturated heterocycles. The van der Waals surface area contributed by atoms with E-state index in [1.54, 1.807) is 12.4 Å². The molecule has 5 aromatic heterocycles. The number of nitrogens with zero attached hydrogens (tertiary/aromatic N) is 3. The van der Waals surface area contributed by atoms with Gasteiger partial charge in [-0.1, -0.05) is 152 Å². The van der Waals surface area contributed by atoms with Gasteiger partial charge in [0.05, 0.1) is 45.9 Å². The van der Waals surface area contributed by atoms with Crippen LogP contribution in [0.5, 0.6) is 11.5 Å². The number of H-pyrrole nitrogens is 3. The summed E-state index contributed by atoms with van der Waals surface area (Å²) in [6, 6.07) is 68.4. The Kier molecular flexibility index (Phi) is 15.0. The normalized spacial score (nSPS) is 18.9. The van der Waals surface area contributed by atoms with Crippen molar-refractivity contribution in [2.75, 3.05) is 30.5 Å². The number of pyridine rings is 2. The molecule has 7 N–H and O–H groups in total. The largest absolute Gasteiger partial charge is 2.00 e. The van der Waals surface area contributed by atoms with Gasteiger partial charge in [-0.05, 0) is 119 Å². The average molecular weight is 1220 g/mol. The Bertz CT molecular complexity index is 4550. The summed E-state index contributed by atoms with van der Waals surface area (Å²) >= 11 is 0. The van der Waals surface area contributed by atoms with Crippen LogP contribution in [0.4, 0.5) is 11.4 Å². The molecule has 13 heteroatoms. The van der Waals surface area contributed by atoms with Crippen molar-refractivity contribution in [2.24, 2.45) is 0 Å². The predicted molar refractivity (Wildman–Crippen MR) is 346 cm³/mol. The van der Waals surface area contributed by atoms with Crippen molar-refractivity contribution in [1.82, 2.24) is 40.5 Å². The number of rotatable bonds is 10. The molecule has 0 aliphatic carbocycles. The van der Waals surface area contributed by atoms with E-state index in [2.05, 4.69) is 222 Å². The van der Waals surface area contributed by atoms with E-state index in [1.165, 1.54) is 5.57 Å². The van der Waals surface area contributed by atoms with Crippen LogP contribution in [0.1, 0.15) is 44.8 Å². The number of hydrogen-bond acceptors (Lipinski definition) is 9. The van der Waals surface area contributed by atoms with Crippen LogP contribution in [-0.4, -0.2) is 61.9 Å². The molecule has 422 valence electrons. The molecule has 6 aromatic carbocycles. The topological polar surface area (TPSA) is 153 Å². The van der Waals surface area contributed by atoms with Gasteiger partial charge in [-0.25, -0.2) is 4.98 Å². The molecule has 8 bridgehead atoms. The van der Waals surface area contributed by atoms with Gasteiger partial charge in [-0.15, -0.1) is 0 Å². The molecule has 11 aromatic rings. The van der Waals surface area contributed by atoms with Gasteiger partial charge >= 0.3 is 19.5 Å². The number of fused-ring (bicyclic) bond motifs is 14. The second-order valence-corrected chi connectivity index (χ2v) is 21.4. The van der Waals surface area contributed by atoms with Gasteiger partial charge in [-0.3, -0.25) is 9.97 Å². The number of anilines is 2. The number of hydrogen-bond donors (Lipinski definition) is 7. The zero-order valence-electron chi connectivity index (χ0n) is 47.1. The summed E-state index contributed by atoms with van der Waals surface area (Å²) in [5.74, 6) is 2.20. The summed E-state index contributed by atoms with van der Waals surface area (Å²) in [6.07, 6.45) is 21.2. The summed E-state index contributed by atoms with van der Waals surface area (Å²) in [4.78, 5) is 24.9. The summed E-state index contributed by atoms with van der Waals surface area (Å²) in [6.45, 7) is 1.64. The monoisotopic (exact) mass is 1220 g/mol. The molecule has 16 rings (SSSR count). The van der Waals surface area contributed by atoms with Crippen LogP contribution in [0.2, 0.25) is 0 Å². The van der Waals surface area contributed by atoms with Crippen molar-refractivity contribution in [1.29, 1.82) is 0 Å². The molecule has 0 spiro atoms. The Balaban J connectivity index is 0.000000458. The van der Waals surface area contributed by atoms with Crippen LogP contribution in [0.15, 0.2) is 260 Å². The number of aromatic nitrogens is 6. The number of ether oxygens (including phenoxy) is 2. The first-order chi connectivity index (χ1) is 42.6. The molecule has 87 heavy (non-hydrogen) atoms. The molecule has 2 atom stereocenters. The quantitative estimate of drug-likeness (QED) is 0.0524. The first kappa shape index (κ1) is 54.2. The fourth-order valence-electron chi connectivity index (χ4n) is 12.1. The second-order valence-electron chi connectivity index (χ2n) is 21.4. The third-order valence-electron chi connectivity index (χ3n) is 16.1. The number of allylic oxidation sites excluding steroid dienone is 2. The van der Waals surface area contributed by atoms with Crippen molar-refractivity contribution in [2.45, 2.75) is 12.1 Å². The van der Waals surface area contributed by atoms with Gasteiger partial charge in [0.25, 0.3) is 0 Å². The second kappa shape index (κ2) is 24.1. The molecule has 0 radical (unpaired) electrons. The van der Waals surface area contributed by atoms with E-state index in [0.717, 1.165) is 142 Å². The van der Waals surface area contributed by atoms with E-state index < -0.39 is 0 Å². The molecule has 12 nitrogen and oxygen atoms in total. The van der Waals surface area contributed by atoms with E-state index in [9.17, 15) is 0 Å². The standard InChI is InChI=1S/C64H50N8O2.C10H8N2.Ru/c1-4-12-39(13-5-1)56-48-28-30-50(67-48)57(40-14-6-2-7-15-40)52-32-34-54(69-52)59(55-35-33-53(70-55)58(41-16-8-3-9-17-41)51-31-29-49(56)68-51)42-20-24-44(25-21-42)73-38-74-45-26-22-43(23-27-45)64-71-62-46-18-10-36-65-60(46)61-47(63(62)72-64)19-11-37-66-61;1-3-7-11-9(5-1)10-6-2-4-8-12-10;/h1-35,48,53,65-70H,36-38H2,(H,71,72);1-8H;/q;;+2/b56-49-,57-50-,58-51-,59-55-;;. The third-order valence-corrected chi connectivity index (χ3v) is 16.1. The summed E-state index contributed by atoms with van der Waals surface area (Å²) < 4.78 is 12.4. The zero-order valence-corrected chi connectivity index (χ0v) is 48.9. The summed E-state index contributed by atoms with van der Waals surface area (Å²) in [5, 5.41) is 17.2. The minimum atomic E-state index is -0.125. The van der Waals surface area contributed by atoms with E-state index >= 15 is 0 Å². The number of nitrogens with one attached hydrogen (secondary N) is 7. The van der Waals surface area contributed by atoms with Crippen LogP contribution in [-0.2, 0) is 19.5 Å². The van der Waals surface area contributed by atoms with Gasteiger partial charge in [0, 0.05) is 97.9 Å². The van der Waals surface area contributed by atoms with Gasteiger partial charge < -0.3 is 45.7 Å². The molecule has 10 heterocycles. The van der Waals surface area contributed by atoms with Crippen LogP contribution in [0, 0.1) is 0 Å². The van der Waals surface area contributed by atoms with Crippen LogP contribution >= 0.6 is 0 Å². The maximum absolute atomic E-state index is 6.22. The Labute approximate surface area is 516 Å². The first-order valence-electron chi connectivity index (χ1n) is 29.0.